The van der Waals surface area contributed by atoms with Crippen molar-refractivity contribution in [3.8, 4) is 5.75 Å². The fourth-order valence-electron chi connectivity index (χ4n) is 4.69. The number of aliphatic hydroxyl groups excluding tert-OH is 1. The molecule has 5 N–H and O–H groups in total. The van der Waals surface area contributed by atoms with Crippen LogP contribution in [0.3, 0.4) is 0 Å². The molecule has 2 atom stereocenters. The Kier molecular flexibility index (Phi) is 8.09. The lowest BCUT2D eigenvalue weighted by Crippen LogP contribution is -2.47. The van der Waals surface area contributed by atoms with Gasteiger partial charge >= 0.3 is 5.69 Å². The van der Waals surface area contributed by atoms with Gasteiger partial charge in [0.1, 0.15) is 24.0 Å². The number of para-hydroxylation sites is 1. The smallest absolute Gasteiger partial charge is 0.323 e. The lowest BCUT2D eigenvalue weighted by molar-refractivity contribution is -0.118. The summed E-state index contributed by atoms with van der Waals surface area (Å²) < 4.78 is 33.4. The number of piperidine rings is 1. The second kappa shape index (κ2) is 11.5. The SMILES string of the molecule is O=C1NC(=O)C(Cc2ccc(S(=O)(=O)N3CCC(NC[C@H](O)COc4cccc5[nH]c(=O)[nH]c45)CC3)cc2)S1. The summed E-state index contributed by atoms with van der Waals surface area (Å²) in [7, 11) is -3.67. The summed E-state index contributed by atoms with van der Waals surface area (Å²) in [5, 5.41) is 15.0. The highest BCUT2D eigenvalue weighted by Gasteiger charge is 2.32. The van der Waals surface area contributed by atoms with Crippen LogP contribution in [-0.4, -0.2) is 82.6 Å². The van der Waals surface area contributed by atoms with E-state index in [0.717, 1.165) is 17.3 Å². The van der Waals surface area contributed by atoms with Gasteiger partial charge in [0.05, 0.1) is 15.7 Å². The maximum Gasteiger partial charge on any atom is 0.323 e. The predicted octanol–water partition coefficient (Wildman–Crippen LogP) is 0.933. The van der Waals surface area contributed by atoms with Gasteiger partial charge in [-0.1, -0.05) is 30.0 Å². The van der Waals surface area contributed by atoms with Crippen LogP contribution < -0.4 is 21.1 Å². The largest absolute Gasteiger partial charge is 0.489 e. The Hall–Kier alpha value is -3.17. The average molecular weight is 576 g/mol. The number of rotatable bonds is 10. The molecule has 0 aliphatic carbocycles. The van der Waals surface area contributed by atoms with Crippen LogP contribution in [0.15, 0.2) is 52.2 Å². The molecule has 12 nitrogen and oxygen atoms in total. The van der Waals surface area contributed by atoms with Gasteiger partial charge in [-0.2, -0.15) is 4.31 Å². The summed E-state index contributed by atoms with van der Waals surface area (Å²) in [5.74, 6) is 0.139. The zero-order valence-corrected chi connectivity index (χ0v) is 22.5. The standard InChI is InChI=1S/C25H29N5O7S2/c31-17(14-37-20-3-1-2-19-22(20)28-24(33)27-19)13-26-16-8-10-30(11-9-16)39(35,36)18-6-4-15(5-7-18)12-21-23(32)29-25(34)38-21/h1-7,16-17,21,26,31H,8-14H2,(H2,27,28,33)(H,29,32,34)/t17-,21?/m0/s1. The van der Waals surface area contributed by atoms with Crippen molar-refractivity contribution in [2.24, 2.45) is 0 Å². The third-order valence-corrected chi connectivity index (χ3v) is 9.68. The minimum Gasteiger partial charge on any atom is -0.489 e. The number of carbonyl (C=O) groups is 2. The highest BCUT2D eigenvalue weighted by Crippen LogP contribution is 2.25. The number of carbonyl (C=O) groups excluding carboxylic acids is 2. The van der Waals surface area contributed by atoms with Crippen molar-refractivity contribution in [3.05, 3.63) is 58.5 Å². The van der Waals surface area contributed by atoms with E-state index >= 15 is 0 Å². The maximum atomic E-state index is 13.1. The van der Waals surface area contributed by atoms with Crippen LogP contribution in [0.2, 0.25) is 0 Å². The first-order valence-corrected chi connectivity index (χ1v) is 14.9. The number of imidazole rings is 1. The van der Waals surface area contributed by atoms with E-state index in [2.05, 4.69) is 20.6 Å². The van der Waals surface area contributed by atoms with Gasteiger partial charge in [-0.05, 0) is 49.1 Å². The molecule has 0 spiro atoms. The number of amides is 2. The number of thioether (sulfide) groups is 1. The molecular weight excluding hydrogens is 546 g/mol. The lowest BCUT2D eigenvalue weighted by Gasteiger charge is -2.32. The van der Waals surface area contributed by atoms with E-state index in [9.17, 15) is 27.9 Å². The third-order valence-electron chi connectivity index (χ3n) is 6.79. The molecule has 1 unspecified atom stereocenters. The normalized spacial score (nSPS) is 19.9. The van der Waals surface area contributed by atoms with Gasteiger partial charge in [-0.3, -0.25) is 14.9 Å². The van der Waals surface area contributed by atoms with Crippen molar-refractivity contribution in [3.63, 3.8) is 0 Å². The fraction of sp³-hybridized carbons (Fsp3) is 0.400. The molecule has 2 amide bonds. The van der Waals surface area contributed by atoms with Crippen molar-refractivity contribution < 1.29 is 27.9 Å². The number of imide groups is 1. The third kappa shape index (κ3) is 6.36. The minimum absolute atomic E-state index is 0.0307. The number of benzene rings is 2. The molecule has 2 aliphatic heterocycles. The number of hydrogen-bond acceptors (Lipinski definition) is 9. The van der Waals surface area contributed by atoms with Gasteiger partial charge < -0.3 is 25.1 Å². The summed E-state index contributed by atoms with van der Waals surface area (Å²) in [6, 6.07) is 11.7. The van der Waals surface area contributed by atoms with Crippen LogP contribution in [0.25, 0.3) is 11.0 Å². The number of aromatic nitrogens is 2. The summed E-state index contributed by atoms with van der Waals surface area (Å²) in [6.45, 7) is 1.00. The Morgan fingerprint density at radius 3 is 2.51 bits per heavy atom. The van der Waals surface area contributed by atoms with E-state index in [4.69, 9.17) is 4.74 Å². The number of fused-ring (bicyclic) bond motifs is 1. The van der Waals surface area contributed by atoms with Gasteiger partial charge in [-0.15, -0.1) is 0 Å². The fourth-order valence-corrected chi connectivity index (χ4v) is 7.02. The summed E-state index contributed by atoms with van der Waals surface area (Å²) >= 11 is 0.942. The van der Waals surface area contributed by atoms with E-state index in [0.29, 0.717) is 49.1 Å². The number of H-pyrrole nitrogens is 2. The van der Waals surface area contributed by atoms with Crippen LogP contribution in [0, 0.1) is 0 Å². The van der Waals surface area contributed by atoms with Crippen LogP contribution in [0.1, 0.15) is 18.4 Å². The van der Waals surface area contributed by atoms with Crippen molar-refractivity contribution >= 4 is 44.0 Å². The van der Waals surface area contributed by atoms with Gasteiger partial charge in [0.2, 0.25) is 15.9 Å². The quantitative estimate of drug-likeness (QED) is 0.236. The van der Waals surface area contributed by atoms with E-state index in [1.807, 2.05) is 0 Å². The van der Waals surface area contributed by atoms with E-state index in [-0.39, 0.29) is 40.9 Å². The average Bonchev–Trinajstić information content (AvgIpc) is 3.46. The summed E-state index contributed by atoms with van der Waals surface area (Å²) in [4.78, 5) is 40.2. The number of ether oxygens (including phenoxy) is 1. The first kappa shape index (κ1) is 27.4. The molecule has 3 aromatic rings. The molecule has 2 saturated heterocycles. The second-order valence-corrected chi connectivity index (χ2v) is 12.7. The summed E-state index contributed by atoms with van der Waals surface area (Å²) in [6.07, 6.45) is 0.740. The van der Waals surface area contributed by atoms with E-state index in [1.165, 1.54) is 16.4 Å². The van der Waals surface area contributed by atoms with Gasteiger partial charge in [-0.25, -0.2) is 13.2 Å². The molecule has 1 aromatic heterocycles. The molecular formula is C25H29N5O7S2. The minimum atomic E-state index is -3.67. The van der Waals surface area contributed by atoms with E-state index in [1.54, 1.807) is 30.3 Å². The number of hydrogen-bond donors (Lipinski definition) is 5. The molecule has 3 heterocycles. The van der Waals surface area contributed by atoms with Crippen molar-refractivity contribution in [2.45, 2.75) is 41.6 Å². The molecule has 2 fully saturated rings. The topological polar surface area (TPSA) is 174 Å². The molecule has 0 bridgehead atoms. The Bertz CT molecular complexity index is 1510. The molecule has 5 rings (SSSR count). The zero-order chi connectivity index (χ0) is 27.6. The van der Waals surface area contributed by atoms with Gasteiger partial charge in [0, 0.05) is 25.7 Å². The second-order valence-electron chi connectivity index (χ2n) is 9.54. The van der Waals surface area contributed by atoms with Gasteiger partial charge in [0.15, 0.2) is 0 Å². The van der Waals surface area contributed by atoms with Gasteiger partial charge in [0.25, 0.3) is 5.24 Å². The number of sulfonamides is 1. The highest BCUT2D eigenvalue weighted by molar-refractivity contribution is 8.15. The molecule has 14 heteroatoms. The molecule has 0 saturated carbocycles. The number of aromatic amines is 2. The Labute approximate surface area is 228 Å². The first-order valence-electron chi connectivity index (χ1n) is 12.5. The Balaban J connectivity index is 1.07. The molecule has 0 radical (unpaired) electrons. The zero-order valence-electron chi connectivity index (χ0n) is 20.9. The Morgan fingerprint density at radius 2 is 1.82 bits per heavy atom. The van der Waals surface area contributed by atoms with Crippen molar-refractivity contribution in [2.75, 3.05) is 26.2 Å². The van der Waals surface area contributed by atoms with Crippen LogP contribution >= 0.6 is 11.8 Å². The van der Waals surface area contributed by atoms with Crippen LogP contribution in [0.5, 0.6) is 5.75 Å². The maximum absolute atomic E-state index is 13.1. The predicted molar refractivity (Wildman–Crippen MR) is 145 cm³/mol. The first-order chi connectivity index (χ1) is 18.7. The number of aliphatic hydroxyl groups is 1. The highest BCUT2D eigenvalue weighted by atomic mass is 32.2. The molecule has 2 aromatic carbocycles. The van der Waals surface area contributed by atoms with Crippen molar-refractivity contribution in [1.29, 1.82) is 0 Å². The molecule has 2 aliphatic rings. The van der Waals surface area contributed by atoms with Crippen LogP contribution in [-0.2, 0) is 21.2 Å². The van der Waals surface area contributed by atoms with Crippen molar-refractivity contribution in [1.82, 2.24) is 24.9 Å². The summed E-state index contributed by atoms with van der Waals surface area (Å²) in [5.41, 5.74) is 1.61. The number of nitrogens with zero attached hydrogens (tertiary/aromatic N) is 1. The molecule has 208 valence electrons. The van der Waals surface area contributed by atoms with E-state index < -0.39 is 21.4 Å². The number of nitrogens with one attached hydrogen (secondary N) is 4. The Morgan fingerprint density at radius 1 is 1.08 bits per heavy atom. The van der Waals surface area contributed by atoms with Crippen LogP contribution in [0.4, 0.5) is 4.79 Å². The monoisotopic (exact) mass is 575 g/mol. The molecule has 39 heavy (non-hydrogen) atoms. The lowest BCUT2D eigenvalue weighted by atomic mass is 10.1.